The lowest BCUT2D eigenvalue weighted by molar-refractivity contribution is -0.152. The molecule has 0 radical (unpaired) electrons. The van der Waals surface area contributed by atoms with Gasteiger partial charge in [0.1, 0.15) is 11.6 Å². The van der Waals surface area contributed by atoms with Crippen LogP contribution in [0.25, 0.3) is 0 Å². The average molecular weight is 236 g/mol. The highest BCUT2D eigenvalue weighted by molar-refractivity contribution is 6.17. The van der Waals surface area contributed by atoms with E-state index < -0.39 is 23.8 Å². The van der Waals surface area contributed by atoms with E-state index in [0.717, 1.165) is 0 Å². The van der Waals surface area contributed by atoms with E-state index in [1.165, 1.54) is 13.8 Å². The first kappa shape index (κ1) is 11.7. The van der Waals surface area contributed by atoms with Crippen molar-refractivity contribution in [3.8, 4) is 0 Å². The number of ketones is 2. The number of Topliss-reactive ketones (excluding diaryl/α,β-unsaturated/α-hetero) is 2. The average Bonchev–Trinajstić information content (AvgIpc) is 2.54. The first-order valence-electron chi connectivity index (χ1n) is 5.45. The first-order chi connectivity index (χ1) is 7.93. The van der Waals surface area contributed by atoms with Crippen LogP contribution in [0.15, 0.2) is 11.1 Å². The van der Waals surface area contributed by atoms with Crippen LogP contribution in [0.5, 0.6) is 0 Å². The molecule has 17 heavy (non-hydrogen) atoms. The molecule has 1 heterocycles. The largest absolute Gasteiger partial charge is 0.386 e. The predicted octanol–water partition coefficient (Wildman–Crippen LogP) is 0.571. The maximum atomic E-state index is 11.5. The van der Waals surface area contributed by atoms with Gasteiger partial charge in [0.15, 0.2) is 0 Å². The summed E-state index contributed by atoms with van der Waals surface area (Å²) in [7, 11) is 0. The van der Waals surface area contributed by atoms with Crippen LogP contribution in [0.1, 0.15) is 26.7 Å². The number of ether oxygens (including phenoxy) is 1. The van der Waals surface area contributed by atoms with E-state index in [-0.39, 0.29) is 22.7 Å². The maximum Gasteiger partial charge on any atom is 0.343 e. The van der Waals surface area contributed by atoms with Gasteiger partial charge in [-0.1, -0.05) is 0 Å². The highest BCUT2D eigenvalue weighted by Crippen LogP contribution is 2.40. The predicted molar refractivity (Wildman–Crippen MR) is 55.7 cm³/mol. The molecule has 0 N–H and O–H groups in total. The molecule has 0 aromatic rings. The first-order valence-corrected chi connectivity index (χ1v) is 5.45. The van der Waals surface area contributed by atoms with Gasteiger partial charge in [-0.25, -0.2) is 9.59 Å². The Hall–Kier alpha value is -1.78. The minimum absolute atomic E-state index is 0.106. The zero-order chi connectivity index (χ0) is 12.7. The van der Waals surface area contributed by atoms with Crippen molar-refractivity contribution >= 4 is 23.5 Å². The minimum Gasteiger partial charge on any atom is -0.386 e. The lowest BCUT2D eigenvalue weighted by atomic mass is 9.74. The third kappa shape index (κ3) is 1.71. The maximum absolute atomic E-state index is 11.5. The smallest absolute Gasteiger partial charge is 0.343 e. The third-order valence-corrected chi connectivity index (χ3v) is 3.34. The molecule has 1 aliphatic heterocycles. The Morgan fingerprint density at radius 2 is 1.29 bits per heavy atom. The Morgan fingerprint density at radius 1 is 0.941 bits per heavy atom. The Bertz CT molecular complexity index is 429. The highest BCUT2D eigenvalue weighted by atomic mass is 16.6. The molecule has 0 saturated carbocycles. The molecule has 2 unspecified atom stereocenters. The van der Waals surface area contributed by atoms with Crippen molar-refractivity contribution in [2.75, 3.05) is 0 Å². The number of rotatable bonds is 2. The van der Waals surface area contributed by atoms with Crippen LogP contribution >= 0.6 is 0 Å². The van der Waals surface area contributed by atoms with Crippen LogP contribution in [0, 0.1) is 11.8 Å². The van der Waals surface area contributed by atoms with E-state index in [0.29, 0.717) is 12.8 Å². The third-order valence-electron chi connectivity index (χ3n) is 3.34. The van der Waals surface area contributed by atoms with Crippen LogP contribution in [0.2, 0.25) is 0 Å². The number of hydrogen-bond acceptors (Lipinski definition) is 5. The van der Waals surface area contributed by atoms with Gasteiger partial charge in [-0.3, -0.25) is 9.59 Å². The molecule has 2 aliphatic rings. The summed E-state index contributed by atoms with van der Waals surface area (Å²) in [4.78, 5) is 45.9. The highest BCUT2D eigenvalue weighted by Gasteiger charge is 2.46. The van der Waals surface area contributed by atoms with Crippen molar-refractivity contribution in [2.45, 2.75) is 26.7 Å². The Labute approximate surface area is 97.8 Å². The van der Waals surface area contributed by atoms with Crippen LogP contribution < -0.4 is 0 Å². The van der Waals surface area contributed by atoms with E-state index in [4.69, 9.17) is 0 Å². The van der Waals surface area contributed by atoms with Gasteiger partial charge in [-0.05, 0) is 26.7 Å². The van der Waals surface area contributed by atoms with E-state index in [1.807, 2.05) is 0 Å². The summed E-state index contributed by atoms with van der Waals surface area (Å²) in [5.41, 5.74) is 0.211. The molecule has 90 valence electrons. The molecule has 5 nitrogen and oxygen atoms in total. The van der Waals surface area contributed by atoms with Gasteiger partial charge in [0, 0.05) is 0 Å². The molecule has 0 saturated heterocycles. The van der Waals surface area contributed by atoms with E-state index in [2.05, 4.69) is 4.74 Å². The summed E-state index contributed by atoms with van der Waals surface area (Å²) >= 11 is 0. The molecule has 0 amide bonds. The number of hydrogen-bond donors (Lipinski definition) is 0. The molecule has 5 heteroatoms. The van der Waals surface area contributed by atoms with Crippen molar-refractivity contribution < 1.29 is 23.9 Å². The van der Waals surface area contributed by atoms with E-state index >= 15 is 0 Å². The zero-order valence-electron chi connectivity index (χ0n) is 9.61. The fourth-order valence-corrected chi connectivity index (χ4v) is 2.51. The van der Waals surface area contributed by atoms with Gasteiger partial charge in [-0.15, -0.1) is 0 Å². The van der Waals surface area contributed by atoms with Crippen LogP contribution in [-0.2, 0) is 23.9 Å². The molecule has 0 spiro atoms. The fraction of sp³-hybridized carbons (Fsp3) is 0.500. The summed E-state index contributed by atoms with van der Waals surface area (Å²) in [6.07, 6.45) is 0.835. The van der Waals surface area contributed by atoms with Gasteiger partial charge in [0.05, 0.1) is 23.0 Å². The number of carbonyl (C=O) groups is 4. The normalized spacial score (nSPS) is 27.9. The molecular weight excluding hydrogens is 224 g/mol. The van der Waals surface area contributed by atoms with Gasteiger partial charge in [0.25, 0.3) is 0 Å². The van der Waals surface area contributed by atoms with Crippen LogP contribution in [0.3, 0.4) is 0 Å². The Balaban J connectivity index is 2.54. The summed E-state index contributed by atoms with van der Waals surface area (Å²) in [6, 6.07) is 0. The molecule has 2 atom stereocenters. The number of cyclic esters (lactones) is 2. The summed E-state index contributed by atoms with van der Waals surface area (Å²) in [6.45, 7) is 2.75. The second-order valence-corrected chi connectivity index (χ2v) is 4.41. The topological polar surface area (TPSA) is 77.5 Å². The zero-order valence-corrected chi connectivity index (χ0v) is 9.61. The van der Waals surface area contributed by atoms with Gasteiger partial charge in [-0.2, -0.15) is 0 Å². The second-order valence-electron chi connectivity index (χ2n) is 4.41. The Morgan fingerprint density at radius 3 is 1.59 bits per heavy atom. The fourth-order valence-electron chi connectivity index (χ4n) is 2.51. The molecule has 1 aliphatic carbocycles. The molecule has 0 fully saturated rings. The summed E-state index contributed by atoms with van der Waals surface area (Å²) < 4.78 is 4.51. The van der Waals surface area contributed by atoms with Gasteiger partial charge in [0.2, 0.25) is 0 Å². The minimum atomic E-state index is -0.767. The van der Waals surface area contributed by atoms with Crippen LogP contribution in [-0.4, -0.2) is 23.5 Å². The molecular formula is C12H12O5. The molecule has 2 rings (SSSR count). The van der Waals surface area contributed by atoms with Gasteiger partial charge >= 0.3 is 11.9 Å². The van der Waals surface area contributed by atoms with Crippen LogP contribution in [0.4, 0.5) is 0 Å². The quantitative estimate of drug-likeness (QED) is 0.517. The van der Waals surface area contributed by atoms with Crippen molar-refractivity contribution in [3.63, 3.8) is 0 Å². The number of esters is 2. The van der Waals surface area contributed by atoms with E-state index in [1.54, 1.807) is 0 Å². The number of carbonyl (C=O) groups excluding carboxylic acids is 4. The molecule has 0 bridgehead atoms. The monoisotopic (exact) mass is 236 g/mol. The molecule has 0 aromatic heterocycles. The SMILES string of the molecule is CC(=O)C1CCC(C(C)=O)C2=C1C(=O)OC2=O. The standard InChI is InChI=1S/C12H12O5/c1-5(13)7-3-4-8(6(2)14)10-9(7)11(15)17-12(10)16/h7-8H,3-4H2,1-2H3. The lowest BCUT2D eigenvalue weighted by Gasteiger charge is -2.24. The van der Waals surface area contributed by atoms with Crippen molar-refractivity contribution in [2.24, 2.45) is 11.8 Å². The Kier molecular flexibility index (Phi) is 2.69. The molecule has 0 aromatic carbocycles. The van der Waals surface area contributed by atoms with E-state index in [9.17, 15) is 19.2 Å². The summed E-state index contributed by atoms with van der Waals surface area (Å²) in [5, 5.41) is 0. The summed E-state index contributed by atoms with van der Waals surface area (Å²) in [5.74, 6) is -3.08. The van der Waals surface area contributed by atoms with Crippen molar-refractivity contribution in [1.82, 2.24) is 0 Å². The lowest BCUT2D eigenvalue weighted by Crippen LogP contribution is -2.29. The van der Waals surface area contributed by atoms with Crippen molar-refractivity contribution in [1.29, 1.82) is 0 Å². The second kappa shape index (κ2) is 3.91. The van der Waals surface area contributed by atoms with Gasteiger partial charge < -0.3 is 4.74 Å². The van der Waals surface area contributed by atoms with Crippen molar-refractivity contribution in [3.05, 3.63) is 11.1 Å².